The zero-order valence-corrected chi connectivity index (χ0v) is 12.6. The first-order valence-corrected chi connectivity index (χ1v) is 7.85. The second kappa shape index (κ2) is 7.12. The first-order chi connectivity index (χ1) is 10.8. The van der Waals surface area contributed by atoms with Crippen molar-refractivity contribution in [3.05, 3.63) is 65.7 Å². The van der Waals surface area contributed by atoms with Gasteiger partial charge in [0.2, 0.25) is 5.91 Å². The van der Waals surface area contributed by atoms with E-state index in [2.05, 4.69) is 23.5 Å². The Labute approximate surface area is 131 Å². The van der Waals surface area contributed by atoms with Gasteiger partial charge in [0.05, 0.1) is 6.61 Å². The predicted octanol–water partition coefficient (Wildman–Crippen LogP) is 3.30. The molecule has 2 aromatic carbocycles. The number of nitrogens with one attached hydrogen (secondary N) is 1. The number of hydrogen-bond acceptors (Lipinski definition) is 2. The molecule has 1 N–H and O–H groups in total. The fourth-order valence-electron chi connectivity index (χ4n) is 2.91. The Morgan fingerprint density at radius 2 is 1.86 bits per heavy atom. The normalized spacial score (nSPS) is 16.5. The third-order valence-electron chi connectivity index (χ3n) is 4.09. The van der Waals surface area contributed by atoms with Gasteiger partial charge >= 0.3 is 0 Å². The average molecular weight is 295 g/mol. The number of amides is 1. The van der Waals surface area contributed by atoms with E-state index in [1.54, 1.807) is 0 Å². The fraction of sp³-hybridized carbons (Fsp3) is 0.316. The van der Waals surface area contributed by atoms with Crippen molar-refractivity contribution in [2.75, 3.05) is 13.2 Å². The highest BCUT2D eigenvalue weighted by Crippen LogP contribution is 2.35. The third kappa shape index (κ3) is 3.67. The number of carbonyl (C=O) groups is 1. The number of hydrogen-bond donors (Lipinski definition) is 1. The molecular formula is C19H21NO2. The Morgan fingerprint density at radius 1 is 1.09 bits per heavy atom. The van der Waals surface area contributed by atoms with Crippen molar-refractivity contribution < 1.29 is 9.53 Å². The van der Waals surface area contributed by atoms with E-state index < -0.39 is 0 Å². The van der Waals surface area contributed by atoms with Gasteiger partial charge in [0.1, 0.15) is 5.75 Å². The fourth-order valence-corrected chi connectivity index (χ4v) is 2.91. The van der Waals surface area contributed by atoms with Crippen LogP contribution in [-0.4, -0.2) is 19.1 Å². The largest absolute Gasteiger partial charge is 0.493 e. The lowest BCUT2D eigenvalue weighted by atomic mass is 9.90. The van der Waals surface area contributed by atoms with E-state index in [1.807, 2.05) is 36.4 Å². The van der Waals surface area contributed by atoms with Crippen LogP contribution < -0.4 is 10.1 Å². The van der Waals surface area contributed by atoms with Crippen molar-refractivity contribution >= 4 is 5.91 Å². The molecule has 0 bridgehead atoms. The van der Waals surface area contributed by atoms with Crippen LogP contribution in [0.25, 0.3) is 0 Å². The van der Waals surface area contributed by atoms with Crippen LogP contribution in [0.2, 0.25) is 0 Å². The monoisotopic (exact) mass is 295 g/mol. The van der Waals surface area contributed by atoms with Crippen LogP contribution in [-0.2, 0) is 11.2 Å². The van der Waals surface area contributed by atoms with Crippen molar-refractivity contribution in [1.82, 2.24) is 5.32 Å². The maximum Gasteiger partial charge on any atom is 0.220 e. The first kappa shape index (κ1) is 14.6. The van der Waals surface area contributed by atoms with Crippen LogP contribution in [0.4, 0.5) is 0 Å². The van der Waals surface area contributed by atoms with E-state index in [-0.39, 0.29) is 11.8 Å². The summed E-state index contributed by atoms with van der Waals surface area (Å²) in [6.45, 7) is 1.38. The SMILES string of the molecule is O=C(CC1CCOc2ccccc21)NCCc1ccccc1. The van der Waals surface area contributed by atoms with Crippen LogP contribution in [0.3, 0.4) is 0 Å². The second-order valence-corrected chi connectivity index (χ2v) is 5.66. The summed E-state index contributed by atoms with van der Waals surface area (Å²) in [7, 11) is 0. The average Bonchev–Trinajstić information content (AvgIpc) is 2.56. The molecule has 1 atom stereocenters. The molecule has 1 amide bonds. The maximum atomic E-state index is 12.2. The van der Waals surface area contributed by atoms with E-state index in [0.29, 0.717) is 19.6 Å². The summed E-state index contributed by atoms with van der Waals surface area (Å²) in [6.07, 6.45) is 2.31. The molecule has 3 rings (SSSR count). The molecule has 3 heteroatoms. The molecule has 1 aliphatic rings. The van der Waals surface area contributed by atoms with Crippen molar-refractivity contribution in [3.8, 4) is 5.75 Å². The summed E-state index contributed by atoms with van der Waals surface area (Å²) in [5, 5.41) is 3.03. The lowest BCUT2D eigenvalue weighted by Crippen LogP contribution is -2.28. The van der Waals surface area contributed by atoms with Gasteiger partial charge in [0.15, 0.2) is 0 Å². The van der Waals surface area contributed by atoms with Crippen LogP contribution in [0.5, 0.6) is 5.75 Å². The van der Waals surface area contributed by atoms with Crippen LogP contribution in [0.15, 0.2) is 54.6 Å². The molecule has 0 aromatic heterocycles. The van der Waals surface area contributed by atoms with Gasteiger partial charge in [-0.05, 0) is 36.0 Å². The molecule has 3 nitrogen and oxygen atoms in total. The van der Waals surface area contributed by atoms with Crippen LogP contribution in [0.1, 0.15) is 29.9 Å². The minimum atomic E-state index is 0.123. The third-order valence-corrected chi connectivity index (χ3v) is 4.09. The molecule has 1 aliphatic heterocycles. The molecule has 22 heavy (non-hydrogen) atoms. The molecule has 2 aromatic rings. The van der Waals surface area contributed by atoms with E-state index in [4.69, 9.17) is 4.74 Å². The molecule has 0 saturated heterocycles. The number of benzene rings is 2. The van der Waals surface area contributed by atoms with Gasteiger partial charge in [-0.25, -0.2) is 0 Å². The number of fused-ring (bicyclic) bond motifs is 1. The molecule has 1 unspecified atom stereocenters. The van der Waals surface area contributed by atoms with Gasteiger partial charge < -0.3 is 10.1 Å². The molecule has 1 heterocycles. The number of para-hydroxylation sites is 1. The highest BCUT2D eigenvalue weighted by molar-refractivity contribution is 5.77. The van der Waals surface area contributed by atoms with Gasteiger partial charge in [-0.2, -0.15) is 0 Å². The smallest absolute Gasteiger partial charge is 0.220 e. The van der Waals surface area contributed by atoms with E-state index in [9.17, 15) is 4.79 Å². The quantitative estimate of drug-likeness (QED) is 0.919. The lowest BCUT2D eigenvalue weighted by Gasteiger charge is -2.25. The lowest BCUT2D eigenvalue weighted by molar-refractivity contribution is -0.121. The Bertz CT molecular complexity index is 624. The van der Waals surface area contributed by atoms with Gasteiger partial charge in [-0.15, -0.1) is 0 Å². The van der Waals surface area contributed by atoms with Crippen molar-refractivity contribution in [1.29, 1.82) is 0 Å². The van der Waals surface area contributed by atoms with Gasteiger partial charge in [-0.3, -0.25) is 4.79 Å². The summed E-state index contributed by atoms with van der Waals surface area (Å²) >= 11 is 0. The number of rotatable bonds is 5. The van der Waals surface area contributed by atoms with Gasteiger partial charge in [0.25, 0.3) is 0 Å². The highest BCUT2D eigenvalue weighted by Gasteiger charge is 2.23. The summed E-state index contributed by atoms with van der Waals surface area (Å²) in [6, 6.07) is 18.2. The molecule has 114 valence electrons. The molecule has 0 aliphatic carbocycles. The highest BCUT2D eigenvalue weighted by atomic mass is 16.5. The summed E-state index contributed by atoms with van der Waals surface area (Å²) in [4.78, 5) is 12.2. The molecular weight excluding hydrogens is 274 g/mol. The summed E-state index contributed by atoms with van der Waals surface area (Å²) < 4.78 is 5.64. The van der Waals surface area contributed by atoms with Crippen LogP contribution in [0, 0.1) is 0 Å². The van der Waals surface area contributed by atoms with E-state index >= 15 is 0 Å². The van der Waals surface area contributed by atoms with Gasteiger partial charge in [0, 0.05) is 13.0 Å². The van der Waals surface area contributed by atoms with Crippen LogP contribution >= 0.6 is 0 Å². The van der Waals surface area contributed by atoms with Crippen molar-refractivity contribution in [2.24, 2.45) is 0 Å². The van der Waals surface area contributed by atoms with E-state index in [1.165, 1.54) is 5.56 Å². The Kier molecular flexibility index (Phi) is 4.74. The van der Waals surface area contributed by atoms with Crippen molar-refractivity contribution in [3.63, 3.8) is 0 Å². The number of ether oxygens (including phenoxy) is 1. The summed E-state index contributed by atoms with van der Waals surface area (Å²) in [5.74, 6) is 1.31. The standard InChI is InChI=1S/C19H21NO2/c21-19(20-12-10-15-6-2-1-3-7-15)14-16-11-13-22-18-9-5-4-8-17(16)18/h1-9,16H,10-14H2,(H,20,21). The molecule has 0 saturated carbocycles. The molecule has 0 fully saturated rings. The minimum Gasteiger partial charge on any atom is -0.493 e. The Hall–Kier alpha value is -2.29. The Morgan fingerprint density at radius 3 is 2.73 bits per heavy atom. The number of carbonyl (C=O) groups excluding carboxylic acids is 1. The topological polar surface area (TPSA) is 38.3 Å². The molecule has 0 radical (unpaired) electrons. The zero-order chi connectivity index (χ0) is 15.2. The maximum absolute atomic E-state index is 12.2. The first-order valence-electron chi connectivity index (χ1n) is 7.85. The predicted molar refractivity (Wildman–Crippen MR) is 87.1 cm³/mol. The van der Waals surface area contributed by atoms with Crippen molar-refractivity contribution in [2.45, 2.75) is 25.2 Å². The van der Waals surface area contributed by atoms with E-state index in [0.717, 1.165) is 24.2 Å². The summed E-state index contributed by atoms with van der Waals surface area (Å²) in [5.41, 5.74) is 2.41. The minimum absolute atomic E-state index is 0.123. The van der Waals surface area contributed by atoms with Gasteiger partial charge in [-0.1, -0.05) is 48.5 Å². The molecule has 0 spiro atoms. The Balaban J connectivity index is 1.50. The second-order valence-electron chi connectivity index (χ2n) is 5.66. The zero-order valence-electron chi connectivity index (χ0n) is 12.6.